The molecule has 1 heterocycles. The summed E-state index contributed by atoms with van der Waals surface area (Å²) in [6.07, 6.45) is 1.87. The second-order valence-corrected chi connectivity index (χ2v) is 2.28. The molecule has 0 amide bonds. The van der Waals surface area contributed by atoms with Gasteiger partial charge in [-0.1, -0.05) is 0 Å². The first-order valence-corrected chi connectivity index (χ1v) is 3.14. The standard InChI is InChI=1S/C4H7NOS/c1-6-4-5-2-3-7-4/h2,4H,3H2,1H3. The zero-order valence-corrected chi connectivity index (χ0v) is 4.94. The highest BCUT2D eigenvalue weighted by Gasteiger charge is 2.06. The Morgan fingerprint density at radius 3 is 3.14 bits per heavy atom. The molecular formula is C4H7NOS. The van der Waals surface area contributed by atoms with Crippen LogP contribution in [0.1, 0.15) is 0 Å². The average molecular weight is 117 g/mol. The SMILES string of the molecule is COC1N=CCS1. The van der Waals surface area contributed by atoms with Crippen molar-refractivity contribution < 1.29 is 4.74 Å². The molecule has 2 nitrogen and oxygen atoms in total. The molecule has 0 saturated heterocycles. The highest BCUT2D eigenvalue weighted by molar-refractivity contribution is 8.00. The highest BCUT2D eigenvalue weighted by Crippen LogP contribution is 2.15. The van der Waals surface area contributed by atoms with Gasteiger partial charge in [-0.2, -0.15) is 0 Å². The Morgan fingerprint density at radius 1 is 2.00 bits per heavy atom. The lowest BCUT2D eigenvalue weighted by atomic mass is 10.9. The lowest BCUT2D eigenvalue weighted by Gasteiger charge is -1.98. The molecule has 0 fully saturated rings. The van der Waals surface area contributed by atoms with Crippen LogP contribution in [0.2, 0.25) is 0 Å². The molecule has 0 aromatic heterocycles. The number of rotatable bonds is 1. The molecular weight excluding hydrogens is 110 g/mol. The zero-order valence-electron chi connectivity index (χ0n) is 4.13. The van der Waals surface area contributed by atoms with Crippen LogP contribution in [0.5, 0.6) is 0 Å². The molecule has 1 unspecified atom stereocenters. The van der Waals surface area contributed by atoms with Crippen molar-refractivity contribution in [3.05, 3.63) is 0 Å². The summed E-state index contributed by atoms with van der Waals surface area (Å²) in [7, 11) is 1.67. The molecule has 0 radical (unpaired) electrons. The molecule has 1 atom stereocenters. The first-order valence-electron chi connectivity index (χ1n) is 2.09. The fourth-order valence-electron chi connectivity index (χ4n) is 0.426. The van der Waals surface area contributed by atoms with Gasteiger partial charge in [0, 0.05) is 19.1 Å². The fraction of sp³-hybridized carbons (Fsp3) is 0.750. The monoisotopic (exact) mass is 117 g/mol. The van der Waals surface area contributed by atoms with Crippen molar-refractivity contribution in [1.82, 2.24) is 0 Å². The summed E-state index contributed by atoms with van der Waals surface area (Å²) in [6.45, 7) is 0. The van der Waals surface area contributed by atoms with Crippen molar-refractivity contribution in [2.75, 3.05) is 12.9 Å². The molecule has 0 aromatic carbocycles. The van der Waals surface area contributed by atoms with Gasteiger partial charge in [0.05, 0.1) is 0 Å². The maximum atomic E-state index is 4.88. The van der Waals surface area contributed by atoms with Crippen LogP contribution < -0.4 is 0 Å². The maximum Gasteiger partial charge on any atom is 0.195 e. The van der Waals surface area contributed by atoms with Crippen molar-refractivity contribution in [3.8, 4) is 0 Å². The summed E-state index contributed by atoms with van der Waals surface area (Å²) in [5.74, 6) is 0.999. The number of hydrogen-bond acceptors (Lipinski definition) is 3. The van der Waals surface area contributed by atoms with Crippen LogP contribution in [0.15, 0.2) is 4.99 Å². The molecule has 0 aromatic rings. The Balaban J connectivity index is 2.28. The van der Waals surface area contributed by atoms with Crippen LogP contribution in [0.3, 0.4) is 0 Å². The van der Waals surface area contributed by atoms with E-state index in [9.17, 15) is 0 Å². The van der Waals surface area contributed by atoms with Crippen LogP contribution in [0, 0.1) is 0 Å². The van der Waals surface area contributed by atoms with E-state index in [1.807, 2.05) is 6.21 Å². The molecule has 0 N–H and O–H groups in total. The van der Waals surface area contributed by atoms with Gasteiger partial charge in [-0.15, -0.1) is 11.8 Å². The van der Waals surface area contributed by atoms with Crippen LogP contribution in [-0.4, -0.2) is 24.6 Å². The van der Waals surface area contributed by atoms with Crippen molar-refractivity contribution in [1.29, 1.82) is 0 Å². The first-order chi connectivity index (χ1) is 3.43. The quantitative estimate of drug-likeness (QED) is 0.505. The highest BCUT2D eigenvalue weighted by atomic mass is 32.2. The molecule has 40 valence electrons. The van der Waals surface area contributed by atoms with Crippen molar-refractivity contribution >= 4 is 18.0 Å². The third-order valence-electron chi connectivity index (χ3n) is 0.742. The number of aliphatic imine (C=N–C) groups is 1. The van der Waals surface area contributed by atoms with E-state index in [4.69, 9.17) is 4.74 Å². The second kappa shape index (κ2) is 2.33. The molecule has 7 heavy (non-hydrogen) atoms. The van der Waals surface area contributed by atoms with Gasteiger partial charge in [-0.3, -0.25) is 4.99 Å². The van der Waals surface area contributed by atoms with Gasteiger partial charge in [0.25, 0.3) is 0 Å². The number of thioether (sulfide) groups is 1. The average Bonchev–Trinajstić information content (AvgIpc) is 2.14. The Labute approximate surface area is 47.0 Å². The van der Waals surface area contributed by atoms with E-state index in [-0.39, 0.29) is 5.56 Å². The molecule has 3 heteroatoms. The Hall–Kier alpha value is -0.0200. The maximum absolute atomic E-state index is 4.88. The summed E-state index contributed by atoms with van der Waals surface area (Å²) < 4.78 is 4.88. The van der Waals surface area contributed by atoms with Crippen molar-refractivity contribution in [2.45, 2.75) is 5.56 Å². The molecule has 0 bridgehead atoms. The van der Waals surface area contributed by atoms with E-state index in [2.05, 4.69) is 4.99 Å². The number of methoxy groups -OCH3 is 1. The summed E-state index contributed by atoms with van der Waals surface area (Å²) in [4.78, 5) is 3.97. The minimum atomic E-state index is 0.0833. The summed E-state index contributed by atoms with van der Waals surface area (Å²) >= 11 is 1.70. The predicted octanol–water partition coefficient (Wildman–Crippen LogP) is 0.734. The fourth-order valence-corrected chi connectivity index (χ4v) is 1.07. The van der Waals surface area contributed by atoms with E-state index >= 15 is 0 Å². The molecule has 0 saturated carbocycles. The second-order valence-electron chi connectivity index (χ2n) is 1.21. The van der Waals surface area contributed by atoms with Crippen molar-refractivity contribution in [2.24, 2.45) is 4.99 Å². The predicted molar refractivity (Wildman–Crippen MR) is 31.7 cm³/mol. The minimum absolute atomic E-state index is 0.0833. The first kappa shape index (κ1) is 5.12. The summed E-state index contributed by atoms with van der Waals surface area (Å²) in [5.41, 5.74) is 0.0833. The van der Waals surface area contributed by atoms with Crippen LogP contribution in [0.4, 0.5) is 0 Å². The molecule has 1 rings (SSSR count). The summed E-state index contributed by atoms with van der Waals surface area (Å²) in [6, 6.07) is 0. The molecule has 1 aliphatic heterocycles. The number of hydrogen-bond donors (Lipinski definition) is 0. The lowest BCUT2D eigenvalue weighted by molar-refractivity contribution is 0.183. The molecule has 0 aliphatic carbocycles. The van der Waals surface area contributed by atoms with Gasteiger partial charge in [0.1, 0.15) is 0 Å². The van der Waals surface area contributed by atoms with Gasteiger partial charge in [-0.05, 0) is 0 Å². The minimum Gasteiger partial charge on any atom is -0.351 e. The largest absolute Gasteiger partial charge is 0.351 e. The van der Waals surface area contributed by atoms with Crippen molar-refractivity contribution in [3.63, 3.8) is 0 Å². The van der Waals surface area contributed by atoms with Crippen LogP contribution in [0.25, 0.3) is 0 Å². The Kier molecular flexibility index (Phi) is 1.70. The smallest absolute Gasteiger partial charge is 0.195 e. The lowest BCUT2D eigenvalue weighted by Crippen LogP contribution is -1.94. The Morgan fingerprint density at radius 2 is 2.86 bits per heavy atom. The van der Waals surface area contributed by atoms with E-state index < -0.39 is 0 Å². The van der Waals surface area contributed by atoms with Gasteiger partial charge in [0.2, 0.25) is 0 Å². The van der Waals surface area contributed by atoms with Crippen LogP contribution >= 0.6 is 11.8 Å². The van der Waals surface area contributed by atoms with Crippen LogP contribution in [-0.2, 0) is 4.74 Å². The number of ether oxygens (including phenoxy) is 1. The third-order valence-corrected chi connectivity index (χ3v) is 1.68. The zero-order chi connectivity index (χ0) is 5.11. The Bertz CT molecular complexity index is 83.8. The van der Waals surface area contributed by atoms with E-state index in [1.165, 1.54) is 0 Å². The van der Waals surface area contributed by atoms with Gasteiger partial charge < -0.3 is 4.74 Å². The van der Waals surface area contributed by atoms with Gasteiger partial charge >= 0.3 is 0 Å². The van der Waals surface area contributed by atoms with Gasteiger partial charge in [0.15, 0.2) is 5.56 Å². The normalized spacial score (nSPS) is 29.0. The number of nitrogens with zero attached hydrogens (tertiary/aromatic N) is 1. The van der Waals surface area contributed by atoms with E-state index in [0.29, 0.717) is 0 Å². The van der Waals surface area contributed by atoms with E-state index in [0.717, 1.165) is 5.75 Å². The summed E-state index contributed by atoms with van der Waals surface area (Å²) in [5, 5.41) is 0. The molecule has 0 spiro atoms. The molecule has 1 aliphatic rings. The van der Waals surface area contributed by atoms with E-state index in [1.54, 1.807) is 18.9 Å². The van der Waals surface area contributed by atoms with Gasteiger partial charge in [-0.25, -0.2) is 0 Å². The topological polar surface area (TPSA) is 21.6 Å². The third kappa shape index (κ3) is 1.17.